The van der Waals surface area contributed by atoms with E-state index in [0.717, 1.165) is 28.2 Å². The van der Waals surface area contributed by atoms with Gasteiger partial charge in [0.2, 0.25) is 0 Å². The molecule has 52 heavy (non-hydrogen) atoms. The Balaban J connectivity index is 1.09. The Morgan fingerprint density at radius 1 is 0.365 bits per heavy atom. The molecule has 0 atom stereocenters. The summed E-state index contributed by atoms with van der Waals surface area (Å²) < 4.78 is 2.20. The van der Waals surface area contributed by atoms with Crippen LogP contribution in [0.1, 0.15) is 22.3 Å². The number of benzene rings is 7. The Bertz CT molecular complexity index is 2650. The number of imidazole rings is 1. The van der Waals surface area contributed by atoms with Crippen LogP contribution in [0.3, 0.4) is 0 Å². The first-order chi connectivity index (χ1) is 25.8. The standard InChI is InChI=1S/C50H34N2/c1-4-14-35(15-5-1)36-23-27-38(28-24-36)48-49(52-33-13-12-22-47(52)51-48)39-29-25-37(26-30-39)40-31-32-44-43-20-10-11-21-45(43)50(46(44)34-40,41-16-6-2-7-17-41)42-18-8-3-9-19-42/h1-34H. The summed E-state index contributed by atoms with van der Waals surface area (Å²) in [5.74, 6) is 0. The lowest BCUT2D eigenvalue weighted by molar-refractivity contribution is 0.769. The van der Waals surface area contributed by atoms with Gasteiger partial charge in [-0.05, 0) is 73.8 Å². The lowest BCUT2D eigenvalue weighted by Gasteiger charge is -2.34. The molecule has 2 heteroatoms. The molecule has 1 aliphatic carbocycles. The minimum absolute atomic E-state index is 0.425. The first-order valence-electron chi connectivity index (χ1n) is 17.9. The minimum Gasteiger partial charge on any atom is -0.299 e. The molecule has 0 saturated heterocycles. The van der Waals surface area contributed by atoms with E-state index in [2.05, 4.69) is 211 Å². The average molecular weight is 663 g/mol. The van der Waals surface area contributed by atoms with Gasteiger partial charge in [-0.1, -0.05) is 182 Å². The maximum atomic E-state index is 5.14. The van der Waals surface area contributed by atoms with Crippen molar-refractivity contribution in [2.75, 3.05) is 0 Å². The first-order valence-corrected chi connectivity index (χ1v) is 17.9. The van der Waals surface area contributed by atoms with Crippen LogP contribution in [0.15, 0.2) is 206 Å². The van der Waals surface area contributed by atoms with Crippen LogP contribution in [0.25, 0.3) is 61.5 Å². The summed E-state index contributed by atoms with van der Waals surface area (Å²) in [6, 6.07) is 72.4. The fraction of sp³-hybridized carbons (Fsp3) is 0.0200. The van der Waals surface area contributed by atoms with Crippen molar-refractivity contribution in [1.29, 1.82) is 0 Å². The van der Waals surface area contributed by atoms with Crippen LogP contribution in [0.2, 0.25) is 0 Å². The molecule has 0 fully saturated rings. The number of fused-ring (bicyclic) bond motifs is 4. The van der Waals surface area contributed by atoms with Gasteiger partial charge in [0.15, 0.2) is 0 Å². The number of pyridine rings is 1. The van der Waals surface area contributed by atoms with Gasteiger partial charge in [-0.3, -0.25) is 4.40 Å². The number of nitrogens with zero attached hydrogens (tertiary/aromatic N) is 2. The third kappa shape index (κ3) is 4.69. The summed E-state index contributed by atoms with van der Waals surface area (Å²) in [6.45, 7) is 0. The van der Waals surface area contributed by atoms with Crippen molar-refractivity contribution in [2.45, 2.75) is 5.41 Å². The average Bonchev–Trinajstić information content (AvgIpc) is 3.76. The van der Waals surface area contributed by atoms with Crippen LogP contribution in [-0.4, -0.2) is 9.38 Å². The maximum absolute atomic E-state index is 5.14. The highest BCUT2D eigenvalue weighted by Gasteiger charge is 2.46. The van der Waals surface area contributed by atoms with E-state index in [-0.39, 0.29) is 0 Å². The Labute approximate surface area is 304 Å². The summed E-state index contributed by atoms with van der Waals surface area (Å²) >= 11 is 0. The molecule has 0 radical (unpaired) electrons. The lowest BCUT2D eigenvalue weighted by Crippen LogP contribution is -2.28. The summed E-state index contributed by atoms with van der Waals surface area (Å²) in [7, 11) is 0. The molecule has 2 aromatic heterocycles. The van der Waals surface area contributed by atoms with Gasteiger partial charge in [-0.2, -0.15) is 0 Å². The zero-order valence-electron chi connectivity index (χ0n) is 28.5. The number of hydrogen-bond donors (Lipinski definition) is 0. The summed E-state index contributed by atoms with van der Waals surface area (Å²) in [6.07, 6.45) is 2.11. The van der Waals surface area contributed by atoms with E-state index in [1.807, 2.05) is 0 Å². The zero-order chi connectivity index (χ0) is 34.5. The molecule has 0 bridgehead atoms. The Morgan fingerprint density at radius 3 is 1.56 bits per heavy atom. The molecule has 0 unspecified atom stereocenters. The van der Waals surface area contributed by atoms with Crippen LogP contribution >= 0.6 is 0 Å². The number of hydrogen-bond acceptors (Lipinski definition) is 1. The molecule has 0 saturated carbocycles. The van der Waals surface area contributed by atoms with Crippen LogP contribution in [-0.2, 0) is 5.41 Å². The van der Waals surface area contributed by atoms with Gasteiger partial charge in [0.1, 0.15) is 5.65 Å². The molecule has 0 N–H and O–H groups in total. The highest BCUT2D eigenvalue weighted by atomic mass is 15.0. The van der Waals surface area contributed by atoms with Crippen molar-refractivity contribution in [3.8, 4) is 55.9 Å². The highest BCUT2D eigenvalue weighted by Crippen LogP contribution is 2.56. The normalized spacial score (nSPS) is 12.8. The fourth-order valence-electron chi connectivity index (χ4n) is 8.37. The van der Waals surface area contributed by atoms with Crippen molar-refractivity contribution in [2.24, 2.45) is 0 Å². The smallest absolute Gasteiger partial charge is 0.137 e. The van der Waals surface area contributed by atoms with Gasteiger partial charge in [-0.15, -0.1) is 0 Å². The van der Waals surface area contributed by atoms with Gasteiger partial charge in [0.25, 0.3) is 0 Å². The maximum Gasteiger partial charge on any atom is 0.137 e. The predicted molar refractivity (Wildman–Crippen MR) is 214 cm³/mol. The first kappa shape index (κ1) is 30.1. The largest absolute Gasteiger partial charge is 0.299 e. The van der Waals surface area contributed by atoms with Gasteiger partial charge >= 0.3 is 0 Å². The van der Waals surface area contributed by atoms with Crippen molar-refractivity contribution >= 4 is 5.65 Å². The van der Waals surface area contributed by atoms with E-state index >= 15 is 0 Å². The Kier molecular flexibility index (Phi) is 7.07. The molecular weight excluding hydrogens is 629 g/mol. The lowest BCUT2D eigenvalue weighted by atomic mass is 9.67. The van der Waals surface area contributed by atoms with E-state index in [1.54, 1.807) is 0 Å². The molecule has 2 heterocycles. The molecule has 7 aromatic carbocycles. The highest BCUT2D eigenvalue weighted by molar-refractivity contribution is 5.89. The fourth-order valence-corrected chi connectivity index (χ4v) is 8.37. The van der Waals surface area contributed by atoms with Crippen molar-refractivity contribution in [3.05, 3.63) is 229 Å². The van der Waals surface area contributed by atoms with E-state index < -0.39 is 5.41 Å². The zero-order valence-corrected chi connectivity index (χ0v) is 28.5. The molecule has 244 valence electrons. The Hall–Kier alpha value is -6.77. The summed E-state index contributed by atoms with van der Waals surface area (Å²) in [5, 5.41) is 0. The van der Waals surface area contributed by atoms with Crippen molar-refractivity contribution in [3.63, 3.8) is 0 Å². The van der Waals surface area contributed by atoms with Crippen LogP contribution < -0.4 is 0 Å². The molecule has 0 spiro atoms. The van der Waals surface area contributed by atoms with E-state index in [1.165, 1.54) is 55.6 Å². The minimum atomic E-state index is -0.425. The second kappa shape index (κ2) is 12.2. The van der Waals surface area contributed by atoms with Gasteiger partial charge in [-0.25, -0.2) is 4.98 Å². The van der Waals surface area contributed by atoms with E-state index in [4.69, 9.17) is 4.98 Å². The van der Waals surface area contributed by atoms with Crippen LogP contribution in [0.4, 0.5) is 0 Å². The second-order valence-electron chi connectivity index (χ2n) is 13.5. The molecule has 2 nitrogen and oxygen atoms in total. The van der Waals surface area contributed by atoms with Gasteiger partial charge in [0, 0.05) is 17.3 Å². The van der Waals surface area contributed by atoms with Gasteiger partial charge < -0.3 is 0 Å². The summed E-state index contributed by atoms with van der Waals surface area (Å²) in [5.41, 5.74) is 17.4. The van der Waals surface area contributed by atoms with E-state index in [9.17, 15) is 0 Å². The SMILES string of the molecule is c1ccc(-c2ccc(-c3nc4ccccn4c3-c3ccc(-c4ccc5c(c4)C(c4ccccc4)(c4ccccc4)c4ccccc4-5)cc3)cc2)cc1. The Morgan fingerprint density at radius 2 is 0.865 bits per heavy atom. The number of aromatic nitrogens is 2. The topological polar surface area (TPSA) is 17.3 Å². The van der Waals surface area contributed by atoms with Crippen LogP contribution in [0.5, 0.6) is 0 Å². The predicted octanol–water partition coefficient (Wildman–Crippen LogP) is 12.4. The molecule has 0 amide bonds. The van der Waals surface area contributed by atoms with E-state index in [0.29, 0.717) is 0 Å². The molecule has 9 aromatic rings. The molecular formula is C50H34N2. The second-order valence-corrected chi connectivity index (χ2v) is 13.5. The summed E-state index contributed by atoms with van der Waals surface area (Å²) in [4.78, 5) is 5.14. The van der Waals surface area contributed by atoms with Gasteiger partial charge in [0.05, 0.1) is 16.8 Å². The van der Waals surface area contributed by atoms with Crippen molar-refractivity contribution < 1.29 is 0 Å². The third-order valence-electron chi connectivity index (χ3n) is 10.7. The van der Waals surface area contributed by atoms with Crippen LogP contribution in [0, 0.1) is 0 Å². The molecule has 1 aliphatic rings. The molecule has 0 aliphatic heterocycles. The van der Waals surface area contributed by atoms with Crippen molar-refractivity contribution in [1.82, 2.24) is 9.38 Å². The quantitative estimate of drug-likeness (QED) is 0.173. The molecule has 10 rings (SSSR count). The third-order valence-corrected chi connectivity index (χ3v) is 10.7. The number of rotatable bonds is 6. The monoisotopic (exact) mass is 662 g/mol.